The number of nitrogens with zero attached hydrogens (tertiary/aromatic N) is 1. The molecule has 1 heterocycles. The third-order valence-electron chi connectivity index (χ3n) is 6.28. The second-order valence-electron chi connectivity index (χ2n) is 7.89. The van der Waals surface area contributed by atoms with Crippen molar-refractivity contribution in [3.8, 4) is 0 Å². The number of benzene rings is 1. The lowest BCUT2D eigenvalue weighted by Gasteiger charge is -2.28. The second-order valence-corrected chi connectivity index (χ2v) is 7.89. The average Bonchev–Trinajstić information content (AvgIpc) is 3.08. The molecule has 1 aromatic rings. The Morgan fingerprint density at radius 1 is 1.17 bits per heavy atom. The lowest BCUT2D eigenvalue weighted by atomic mass is 9.79. The van der Waals surface area contributed by atoms with Crippen LogP contribution < -0.4 is 5.73 Å². The van der Waals surface area contributed by atoms with E-state index in [4.69, 9.17) is 5.73 Å². The fourth-order valence-electron chi connectivity index (χ4n) is 4.67. The molecule has 3 atom stereocenters. The van der Waals surface area contributed by atoms with Gasteiger partial charge in [0.1, 0.15) is 0 Å². The summed E-state index contributed by atoms with van der Waals surface area (Å²) in [7, 11) is 0. The molecule has 3 nitrogen and oxygen atoms in total. The standard InChI is InChI=1S/C21H32N2O/c1-16(17-8-4-2-5-9-17)12-21(24)23-14-19(13-22)20(15-23)18-10-6-3-7-11-18/h3,6-7,10-11,16-17,19-20H,2,4-5,8-9,12-15,22H2,1H3/t16?,19-,20+/m1/s1. The third-order valence-corrected chi connectivity index (χ3v) is 6.28. The summed E-state index contributed by atoms with van der Waals surface area (Å²) < 4.78 is 0. The molecule has 1 unspecified atom stereocenters. The van der Waals surface area contributed by atoms with Gasteiger partial charge in [-0.25, -0.2) is 0 Å². The summed E-state index contributed by atoms with van der Waals surface area (Å²) in [5, 5.41) is 0. The molecule has 0 aromatic heterocycles. The van der Waals surface area contributed by atoms with E-state index in [2.05, 4.69) is 36.1 Å². The molecule has 1 amide bonds. The topological polar surface area (TPSA) is 46.3 Å². The van der Waals surface area contributed by atoms with Crippen molar-refractivity contribution in [3.63, 3.8) is 0 Å². The molecule has 132 valence electrons. The normalized spacial score (nSPS) is 26.5. The molecule has 0 bridgehead atoms. The minimum absolute atomic E-state index is 0.338. The summed E-state index contributed by atoms with van der Waals surface area (Å²) in [6, 6.07) is 10.6. The Kier molecular flexibility index (Phi) is 5.94. The number of likely N-dealkylation sites (tertiary alicyclic amines) is 1. The van der Waals surface area contributed by atoms with Crippen LogP contribution in [0.1, 0.15) is 56.9 Å². The summed E-state index contributed by atoms with van der Waals surface area (Å²) in [6.07, 6.45) is 7.40. The lowest BCUT2D eigenvalue weighted by molar-refractivity contribution is -0.131. The first-order chi connectivity index (χ1) is 11.7. The van der Waals surface area contributed by atoms with E-state index in [1.54, 1.807) is 0 Å². The van der Waals surface area contributed by atoms with E-state index in [-0.39, 0.29) is 0 Å². The largest absolute Gasteiger partial charge is 0.342 e. The molecule has 1 aromatic carbocycles. The zero-order valence-electron chi connectivity index (χ0n) is 15.0. The molecule has 1 aliphatic heterocycles. The summed E-state index contributed by atoms with van der Waals surface area (Å²) in [4.78, 5) is 14.9. The van der Waals surface area contributed by atoms with Gasteiger partial charge in [0.25, 0.3) is 0 Å². The van der Waals surface area contributed by atoms with Gasteiger partial charge in [-0.15, -0.1) is 0 Å². The van der Waals surface area contributed by atoms with E-state index in [1.165, 1.54) is 37.7 Å². The van der Waals surface area contributed by atoms with Crippen molar-refractivity contribution in [3.05, 3.63) is 35.9 Å². The predicted molar refractivity (Wildman–Crippen MR) is 98.7 cm³/mol. The fraction of sp³-hybridized carbons (Fsp3) is 0.667. The summed E-state index contributed by atoms with van der Waals surface area (Å²) in [5.74, 6) is 2.39. The van der Waals surface area contributed by atoms with E-state index in [9.17, 15) is 4.79 Å². The van der Waals surface area contributed by atoms with Crippen LogP contribution in [0.25, 0.3) is 0 Å². The van der Waals surface area contributed by atoms with Gasteiger partial charge in [-0.2, -0.15) is 0 Å². The van der Waals surface area contributed by atoms with Crippen molar-refractivity contribution in [2.45, 2.75) is 51.4 Å². The number of carbonyl (C=O) groups is 1. The van der Waals surface area contributed by atoms with E-state index >= 15 is 0 Å². The number of rotatable bonds is 5. The molecule has 24 heavy (non-hydrogen) atoms. The van der Waals surface area contributed by atoms with Crippen LogP contribution in [0.5, 0.6) is 0 Å². The Morgan fingerprint density at radius 2 is 1.88 bits per heavy atom. The molecular weight excluding hydrogens is 296 g/mol. The maximum atomic E-state index is 12.8. The molecular formula is C21H32N2O. The Morgan fingerprint density at radius 3 is 2.54 bits per heavy atom. The van der Waals surface area contributed by atoms with Gasteiger partial charge >= 0.3 is 0 Å². The highest BCUT2D eigenvalue weighted by Crippen LogP contribution is 2.35. The van der Waals surface area contributed by atoms with Crippen LogP contribution in [0, 0.1) is 17.8 Å². The third kappa shape index (κ3) is 4.00. The van der Waals surface area contributed by atoms with E-state index < -0.39 is 0 Å². The molecule has 2 aliphatic rings. The quantitative estimate of drug-likeness (QED) is 0.894. The highest BCUT2D eigenvalue weighted by Gasteiger charge is 2.36. The molecule has 1 saturated heterocycles. The van der Waals surface area contributed by atoms with Gasteiger partial charge in [0.2, 0.25) is 5.91 Å². The van der Waals surface area contributed by atoms with Gasteiger partial charge in [0.05, 0.1) is 0 Å². The van der Waals surface area contributed by atoms with Crippen LogP contribution in [0.3, 0.4) is 0 Å². The highest BCUT2D eigenvalue weighted by atomic mass is 16.2. The smallest absolute Gasteiger partial charge is 0.222 e. The van der Waals surface area contributed by atoms with Crippen LogP contribution in [-0.2, 0) is 4.79 Å². The van der Waals surface area contributed by atoms with Gasteiger partial charge in [-0.05, 0) is 29.9 Å². The second kappa shape index (κ2) is 8.15. The van der Waals surface area contributed by atoms with Gasteiger partial charge in [0.15, 0.2) is 0 Å². The number of carbonyl (C=O) groups excluding carboxylic acids is 1. The predicted octanol–water partition coefficient (Wildman–Crippen LogP) is 3.79. The van der Waals surface area contributed by atoms with Crippen LogP contribution in [0.4, 0.5) is 0 Å². The first-order valence-electron chi connectivity index (χ1n) is 9.71. The Bertz CT molecular complexity index is 524. The highest BCUT2D eigenvalue weighted by molar-refractivity contribution is 5.77. The molecule has 1 aliphatic carbocycles. The van der Waals surface area contributed by atoms with Gasteiger partial charge in [-0.3, -0.25) is 4.79 Å². The van der Waals surface area contributed by atoms with Crippen molar-refractivity contribution >= 4 is 5.91 Å². The van der Waals surface area contributed by atoms with Crippen molar-refractivity contribution in [1.29, 1.82) is 0 Å². The maximum absolute atomic E-state index is 12.8. The average molecular weight is 329 g/mol. The molecule has 1 saturated carbocycles. The molecule has 3 rings (SSSR count). The molecule has 0 radical (unpaired) electrons. The van der Waals surface area contributed by atoms with E-state index in [0.29, 0.717) is 36.6 Å². The maximum Gasteiger partial charge on any atom is 0.222 e. The lowest BCUT2D eigenvalue weighted by Crippen LogP contribution is -2.32. The van der Waals surface area contributed by atoms with Crippen molar-refractivity contribution in [2.75, 3.05) is 19.6 Å². The number of hydrogen-bond acceptors (Lipinski definition) is 2. The monoisotopic (exact) mass is 328 g/mol. The van der Waals surface area contributed by atoms with Gasteiger partial charge in [0, 0.05) is 25.4 Å². The Balaban J connectivity index is 1.59. The molecule has 3 heteroatoms. The van der Waals surface area contributed by atoms with Crippen molar-refractivity contribution < 1.29 is 4.79 Å². The zero-order valence-corrected chi connectivity index (χ0v) is 15.0. The number of nitrogens with two attached hydrogens (primary N) is 1. The first kappa shape index (κ1) is 17.5. The number of hydrogen-bond donors (Lipinski definition) is 1. The minimum atomic E-state index is 0.338. The SMILES string of the molecule is CC(CC(=O)N1C[C@@H](CN)[C@H](c2ccccc2)C1)C1CCCCC1. The van der Waals surface area contributed by atoms with Crippen LogP contribution >= 0.6 is 0 Å². The van der Waals surface area contributed by atoms with Crippen LogP contribution in [-0.4, -0.2) is 30.4 Å². The van der Waals surface area contributed by atoms with Crippen molar-refractivity contribution in [1.82, 2.24) is 4.90 Å². The Hall–Kier alpha value is -1.35. The fourth-order valence-corrected chi connectivity index (χ4v) is 4.67. The van der Waals surface area contributed by atoms with Gasteiger partial charge < -0.3 is 10.6 Å². The molecule has 2 N–H and O–H groups in total. The summed E-state index contributed by atoms with van der Waals surface area (Å²) in [6.45, 7) is 4.59. The van der Waals surface area contributed by atoms with E-state index in [0.717, 1.165) is 19.0 Å². The zero-order chi connectivity index (χ0) is 16.9. The van der Waals surface area contributed by atoms with Crippen LogP contribution in [0.2, 0.25) is 0 Å². The Labute approximate surface area is 146 Å². The summed E-state index contributed by atoms with van der Waals surface area (Å²) >= 11 is 0. The minimum Gasteiger partial charge on any atom is -0.342 e. The van der Waals surface area contributed by atoms with Crippen LogP contribution in [0.15, 0.2) is 30.3 Å². The first-order valence-corrected chi connectivity index (χ1v) is 9.71. The molecule has 2 fully saturated rings. The summed E-state index contributed by atoms with van der Waals surface area (Å²) in [5.41, 5.74) is 7.33. The van der Waals surface area contributed by atoms with E-state index in [1.807, 2.05) is 6.07 Å². The van der Waals surface area contributed by atoms with Crippen molar-refractivity contribution in [2.24, 2.45) is 23.5 Å². The number of amides is 1. The molecule has 0 spiro atoms. The van der Waals surface area contributed by atoms with Gasteiger partial charge in [-0.1, -0.05) is 69.4 Å².